The summed E-state index contributed by atoms with van der Waals surface area (Å²) in [4.78, 5) is 4.39. The minimum atomic E-state index is -4.68. The second-order valence-electron chi connectivity index (χ2n) is 4.83. The van der Waals surface area contributed by atoms with E-state index < -0.39 is 11.9 Å². The van der Waals surface area contributed by atoms with E-state index in [1.165, 1.54) is 35.6 Å². The van der Waals surface area contributed by atoms with Gasteiger partial charge >= 0.3 is 6.36 Å². The summed E-state index contributed by atoms with van der Waals surface area (Å²) in [6.45, 7) is 3.69. The average molecular weight is 302 g/mol. The zero-order valence-electron chi connectivity index (χ0n) is 10.9. The molecule has 2 rings (SSSR count). The third kappa shape index (κ3) is 3.71. The van der Waals surface area contributed by atoms with Crippen molar-refractivity contribution < 1.29 is 17.9 Å². The van der Waals surface area contributed by atoms with Gasteiger partial charge in [0.15, 0.2) is 0 Å². The zero-order chi connectivity index (χ0) is 15.0. The van der Waals surface area contributed by atoms with Gasteiger partial charge in [-0.2, -0.15) is 0 Å². The van der Waals surface area contributed by atoms with Crippen molar-refractivity contribution in [3.63, 3.8) is 0 Å². The molecule has 0 saturated carbocycles. The molecule has 0 aliphatic carbocycles. The summed E-state index contributed by atoms with van der Waals surface area (Å²) >= 11 is 1.42. The molecular weight excluding hydrogens is 289 g/mol. The van der Waals surface area contributed by atoms with Crippen LogP contribution in [0.1, 0.15) is 18.9 Å². The predicted octanol–water partition coefficient (Wildman–Crippen LogP) is 3.90. The van der Waals surface area contributed by atoms with Crippen molar-refractivity contribution in [3.05, 3.63) is 34.7 Å². The van der Waals surface area contributed by atoms with Gasteiger partial charge in [0, 0.05) is 10.9 Å². The summed E-state index contributed by atoms with van der Waals surface area (Å²) in [6, 6.07) is 5.58. The van der Waals surface area contributed by atoms with Crippen LogP contribution in [0.4, 0.5) is 13.2 Å². The summed E-state index contributed by atoms with van der Waals surface area (Å²) in [7, 11) is 0. The smallest absolute Gasteiger partial charge is 0.406 e. The highest BCUT2D eigenvalue weighted by atomic mass is 32.1. The number of hydrogen-bond acceptors (Lipinski definition) is 4. The van der Waals surface area contributed by atoms with Gasteiger partial charge in [-0.05, 0) is 38.1 Å². The van der Waals surface area contributed by atoms with E-state index in [4.69, 9.17) is 5.73 Å². The number of aromatic nitrogens is 1. The highest BCUT2D eigenvalue weighted by molar-refractivity contribution is 7.10. The lowest BCUT2D eigenvalue weighted by Crippen LogP contribution is -2.28. The Hall–Kier alpha value is -1.60. The lowest BCUT2D eigenvalue weighted by Gasteiger charge is -2.13. The van der Waals surface area contributed by atoms with Crippen LogP contribution in [0, 0.1) is 0 Å². The van der Waals surface area contributed by atoms with Crippen molar-refractivity contribution in [3.8, 4) is 17.0 Å². The molecule has 1 heterocycles. The molecule has 7 heteroatoms. The topological polar surface area (TPSA) is 48.1 Å². The quantitative estimate of drug-likeness (QED) is 0.935. The third-order valence-electron chi connectivity index (χ3n) is 2.44. The molecule has 0 bridgehead atoms. The van der Waals surface area contributed by atoms with Gasteiger partial charge in [0.05, 0.1) is 11.2 Å². The first kappa shape index (κ1) is 14.8. The molecule has 20 heavy (non-hydrogen) atoms. The minimum Gasteiger partial charge on any atom is -0.406 e. The molecule has 0 radical (unpaired) electrons. The predicted molar refractivity (Wildman–Crippen MR) is 71.4 cm³/mol. The number of halogens is 3. The summed E-state index contributed by atoms with van der Waals surface area (Å²) < 4.78 is 40.0. The molecule has 0 unspecified atom stereocenters. The molecule has 2 aromatic rings. The summed E-state index contributed by atoms with van der Waals surface area (Å²) in [5.74, 6) is -0.254. The van der Waals surface area contributed by atoms with E-state index in [9.17, 15) is 13.2 Å². The molecule has 108 valence electrons. The Balaban J connectivity index is 2.20. The van der Waals surface area contributed by atoms with E-state index >= 15 is 0 Å². The SMILES string of the molecule is CC(C)(N)c1nc(-c2ccc(OC(F)(F)F)cc2)cs1. The van der Waals surface area contributed by atoms with E-state index in [-0.39, 0.29) is 5.75 Å². The Morgan fingerprint density at radius 1 is 1.15 bits per heavy atom. The van der Waals surface area contributed by atoms with Crippen LogP contribution in [-0.4, -0.2) is 11.3 Å². The third-order valence-corrected chi connectivity index (χ3v) is 3.62. The van der Waals surface area contributed by atoms with Gasteiger partial charge in [-0.1, -0.05) is 0 Å². The Bertz CT molecular complexity index is 585. The molecule has 0 spiro atoms. The lowest BCUT2D eigenvalue weighted by molar-refractivity contribution is -0.274. The number of benzene rings is 1. The summed E-state index contributed by atoms with van der Waals surface area (Å²) in [6.07, 6.45) is -4.68. The van der Waals surface area contributed by atoms with Gasteiger partial charge in [-0.15, -0.1) is 24.5 Å². The minimum absolute atomic E-state index is 0.254. The van der Waals surface area contributed by atoms with Crippen LogP contribution in [0.3, 0.4) is 0 Å². The standard InChI is InChI=1S/C13H13F3N2OS/c1-12(2,17)11-18-10(7-20-11)8-3-5-9(6-4-8)19-13(14,15)16/h3-7H,17H2,1-2H3. The average Bonchev–Trinajstić information content (AvgIpc) is 2.76. The number of nitrogens with zero attached hydrogens (tertiary/aromatic N) is 1. The summed E-state index contributed by atoms with van der Waals surface area (Å²) in [5, 5.41) is 2.59. The van der Waals surface area contributed by atoms with Crippen molar-refractivity contribution in [1.82, 2.24) is 4.98 Å². The van der Waals surface area contributed by atoms with Gasteiger partial charge in [-0.25, -0.2) is 4.98 Å². The van der Waals surface area contributed by atoms with Crippen molar-refractivity contribution >= 4 is 11.3 Å². The van der Waals surface area contributed by atoms with E-state index in [1.54, 1.807) is 0 Å². The van der Waals surface area contributed by atoms with Crippen molar-refractivity contribution in [2.75, 3.05) is 0 Å². The fraction of sp³-hybridized carbons (Fsp3) is 0.308. The molecule has 1 aromatic heterocycles. The molecule has 0 fully saturated rings. The number of nitrogens with two attached hydrogens (primary N) is 1. The lowest BCUT2D eigenvalue weighted by atomic mass is 10.1. The molecule has 0 amide bonds. The van der Waals surface area contributed by atoms with Crippen LogP contribution >= 0.6 is 11.3 Å². The van der Waals surface area contributed by atoms with Crippen molar-refractivity contribution in [2.45, 2.75) is 25.7 Å². The Morgan fingerprint density at radius 3 is 2.20 bits per heavy atom. The second kappa shape index (κ2) is 5.06. The van der Waals surface area contributed by atoms with Crippen LogP contribution in [0.25, 0.3) is 11.3 Å². The van der Waals surface area contributed by atoms with Crippen LogP contribution in [-0.2, 0) is 5.54 Å². The van der Waals surface area contributed by atoms with Crippen LogP contribution < -0.4 is 10.5 Å². The van der Waals surface area contributed by atoms with Crippen molar-refractivity contribution in [1.29, 1.82) is 0 Å². The Kier molecular flexibility index (Phi) is 3.75. The zero-order valence-corrected chi connectivity index (χ0v) is 11.7. The Labute approximate surface area is 118 Å². The number of rotatable bonds is 3. The highest BCUT2D eigenvalue weighted by Crippen LogP contribution is 2.29. The maximum absolute atomic E-state index is 12.1. The molecule has 3 nitrogen and oxygen atoms in total. The number of ether oxygens (including phenoxy) is 1. The fourth-order valence-electron chi connectivity index (χ4n) is 1.53. The first-order valence-corrected chi connectivity index (χ1v) is 6.64. The maximum atomic E-state index is 12.1. The molecule has 0 saturated heterocycles. The van der Waals surface area contributed by atoms with Gasteiger partial charge in [0.25, 0.3) is 0 Å². The fourth-order valence-corrected chi connectivity index (χ4v) is 2.40. The number of hydrogen-bond donors (Lipinski definition) is 1. The second-order valence-corrected chi connectivity index (χ2v) is 5.69. The number of thiazole rings is 1. The monoisotopic (exact) mass is 302 g/mol. The molecular formula is C13H13F3N2OS. The largest absolute Gasteiger partial charge is 0.573 e. The maximum Gasteiger partial charge on any atom is 0.573 e. The van der Waals surface area contributed by atoms with Gasteiger partial charge in [0.2, 0.25) is 0 Å². The highest BCUT2D eigenvalue weighted by Gasteiger charge is 2.31. The van der Waals surface area contributed by atoms with Crippen molar-refractivity contribution in [2.24, 2.45) is 5.73 Å². The molecule has 0 aliphatic heterocycles. The normalized spacial score (nSPS) is 12.5. The molecule has 0 aliphatic rings. The first-order valence-electron chi connectivity index (χ1n) is 5.76. The number of alkyl halides is 3. The van der Waals surface area contributed by atoms with Gasteiger partial charge in [0.1, 0.15) is 10.8 Å². The summed E-state index contributed by atoms with van der Waals surface area (Å²) in [5.41, 5.74) is 6.80. The van der Waals surface area contributed by atoms with Crippen LogP contribution in [0.2, 0.25) is 0 Å². The van der Waals surface area contributed by atoms with E-state index in [0.29, 0.717) is 11.3 Å². The van der Waals surface area contributed by atoms with E-state index in [2.05, 4.69) is 9.72 Å². The van der Waals surface area contributed by atoms with E-state index in [0.717, 1.165) is 5.01 Å². The van der Waals surface area contributed by atoms with Gasteiger partial charge in [-0.3, -0.25) is 0 Å². The Morgan fingerprint density at radius 2 is 1.75 bits per heavy atom. The van der Waals surface area contributed by atoms with Gasteiger partial charge < -0.3 is 10.5 Å². The first-order chi connectivity index (χ1) is 9.15. The molecule has 2 N–H and O–H groups in total. The van der Waals surface area contributed by atoms with Crippen LogP contribution in [0.5, 0.6) is 5.75 Å². The molecule has 0 atom stereocenters. The molecule has 1 aromatic carbocycles. The van der Waals surface area contributed by atoms with Crippen LogP contribution in [0.15, 0.2) is 29.6 Å². The van der Waals surface area contributed by atoms with E-state index in [1.807, 2.05) is 19.2 Å².